The van der Waals surface area contributed by atoms with Crippen molar-refractivity contribution in [1.82, 2.24) is 0 Å². The van der Waals surface area contributed by atoms with Crippen LogP contribution in [0.4, 0.5) is 11.4 Å². The van der Waals surface area contributed by atoms with Crippen LogP contribution >= 0.6 is 0 Å². The molecule has 0 radical (unpaired) electrons. The predicted octanol–water partition coefficient (Wildman–Crippen LogP) is 7.12. The second-order valence-corrected chi connectivity index (χ2v) is 8.63. The molecule has 2 N–H and O–H groups in total. The average Bonchev–Trinajstić information content (AvgIpc) is 3.34. The van der Waals surface area contributed by atoms with Gasteiger partial charge in [0.05, 0.1) is 11.7 Å². The lowest BCUT2D eigenvalue weighted by atomic mass is 9.77. The van der Waals surface area contributed by atoms with Crippen molar-refractivity contribution in [3.63, 3.8) is 0 Å². The molecular formula is C29H24N2O. The Balaban J connectivity index is 1.29. The topological polar surface area (TPSA) is 44.6 Å². The first-order chi connectivity index (χ1) is 15.8. The first-order valence-corrected chi connectivity index (χ1v) is 11.1. The fourth-order valence-corrected chi connectivity index (χ4v) is 5.20. The second kappa shape index (κ2) is 7.69. The smallest absolute Gasteiger partial charge is 0.124 e. The molecule has 6 rings (SSSR count). The molecule has 0 saturated heterocycles. The zero-order valence-electron chi connectivity index (χ0n) is 17.6. The lowest BCUT2D eigenvalue weighted by molar-refractivity contribution is 0.425. The molecule has 3 nitrogen and oxygen atoms in total. The quantitative estimate of drug-likeness (QED) is 0.276. The van der Waals surface area contributed by atoms with E-state index in [0.29, 0.717) is 11.8 Å². The SMILES string of the molecule is Oc1ccc2ccccc2c1C=Nc1ccc([C@@H]2Nc3ccccc3[C@H]3C=CC[C@@H]32)cc1. The van der Waals surface area contributed by atoms with Crippen molar-refractivity contribution < 1.29 is 5.11 Å². The minimum absolute atomic E-state index is 0.244. The van der Waals surface area contributed by atoms with Crippen LogP contribution in [0.15, 0.2) is 102 Å². The zero-order valence-corrected chi connectivity index (χ0v) is 17.6. The standard InChI is InChI=1S/C29H24N2O/c32-28-17-14-19-6-1-2-7-22(19)26(28)18-30-21-15-12-20(13-16-21)29-25-10-5-9-23(25)24-8-3-4-11-27(24)31-29/h1-9,11-18,23,25,29,31-32H,10H2/t23-,25+,29+/m1/s1. The van der Waals surface area contributed by atoms with Gasteiger partial charge in [-0.1, -0.05) is 72.8 Å². The van der Waals surface area contributed by atoms with Crippen LogP contribution in [0.2, 0.25) is 0 Å². The number of rotatable bonds is 3. The van der Waals surface area contributed by atoms with Gasteiger partial charge >= 0.3 is 0 Å². The highest BCUT2D eigenvalue weighted by Gasteiger charge is 2.37. The number of anilines is 1. The number of nitrogens with zero attached hydrogens (tertiary/aromatic N) is 1. The minimum Gasteiger partial charge on any atom is -0.507 e. The Bertz CT molecular complexity index is 1350. The molecule has 0 saturated carbocycles. The number of phenols is 1. The molecular weight excluding hydrogens is 392 g/mol. The van der Waals surface area contributed by atoms with Gasteiger partial charge in [0.1, 0.15) is 5.75 Å². The number of phenolic OH excluding ortho intramolecular Hbond substituents is 1. The van der Waals surface area contributed by atoms with Gasteiger partial charge in [-0.3, -0.25) is 4.99 Å². The van der Waals surface area contributed by atoms with Gasteiger partial charge in [0.15, 0.2) is 0 Å². The Morgan fingerprint density at radius 3 is 2.59 bits per heavy atom. The summed E-state index contributed by atoms with van der Waals surface area (Å²) < 4.78 is 0. The molecule has 0 spiro atoms. The third-order valence-electron chi connectivity index (χ3n) is 6.81. The van der Waals surface area contributed by atoms with Crippen LogP contribution in [0, 0.1) is 5.92 Å². The Kier molecular flexibility index (Phi) is 4.53. The highest BCUT2D eigenvalue weighted by Crippen LogP contribution is 2.49. The summed E-state index contributed by atoms with van der Waals surface area (Å²) >= 11 is 0. The molecule has 1 heterocycles. The van der Waals surface area contributed by atoms with Crippen LogP contribution in [-0.2, 0) is 0 Å². The fourth-order valence-electron chi connectivity index (χ4n) is 5.20. The van der Waals surface area contributed by atoms with E-state index in [-0.39, 0.29) is 11.8 Å². The molecule has 3 atom stereocenters. The Morgan fingerprint density at radius 1 is 0.875 bits per heavy atom. The highest BCUT2D eigenvalue weighted by atomic mass is 16.3. The number of fused-ring (bicyclic) bond motifs is 4. The predicted molar refractivity (Wildman–Crippen MR) is 132 cm³/mol. The second-order valence-electron chi connectivity index (χ2n) is 8.63. The molecule has 0 amide bonds. The summed E-state index contributed by atoms with van der Waals surface area (Å²) in [5.41, 5.74) is 5.54. The van der Waals surface area contributed by atoms with Crippen molar-refractivity contribution in [2.45, 2.75) is 18.4 Å². The monoisotopic (exact) mass is 416 g/mol. The summed E-state index contributed by atoms with van der Waals surface area (Å²) in [7, 11) is 0. The van der Waals surface area contributed by atoms with Crippen LogP contribution in [-0.4, -0.2) is 11.3 Å². The summed E-state index contributed by atoms with van der Waals surface area (Å²) in [4.78, 5) is 4.66. The maximum Gasteiger partial charge on any atom is 0.124 e. The van der Waals surface area contributed by atoms with Gasteiger partial charge in [-0.15, -0.1) is 0 Å². The maximum absolute atomic E-state index is 10.4. The Morgan fingerprint density at radius 2 is 1.69 bits per heavy atom. The lowest BCUT2D eigenvalue weighted by Crippen LogP contribution is -2.28. The summed E-state index contributed by atoms with van der Waals surface area (Å²) in [5.74, 6) is 1.25. The molecule has 0 fully saturated rings. The molecule has 4 aromatic rings. The Labute approximate surface area is 187 Å². The van der Waals surface area contributed by atoms with Crippen molar-refractivity contribution in [3.8, 4) is 5.75 Å². The third-order valence-corrected chi connectivity index (χ3v) is 6.81. The molecule has 156 valence electrons. The number of aliphatic imine (C=N–C) groups is 1. The van der Waals surface area contributed by atoms with Gasteiger partial charge in [-0.05, 0) is 58.5 Å². The van der Waals surface area contributed by atoms with E-state index in [1.54, 1.807) is 12.3 Å². The van der Waals surface area contributed by atoms with Crippen molar-refractivity contribution in [2.75, 3.05) is 5.32 Å². The molecule has 0 bridgehead atoms. The molecule has 3 heteroatoms. The van der Waals surface area contributed by atoms with Gasteiger partial charge in [0, 0.05) is 23.4 Å². The summed E-state index contributed by atoms with van der Waals surface area (Å²) in [6, 6.07) is 29.1. The minimum atomic E-state index is 0.244. The van der Waals surface area contributed by atoms with Crippen molar-refractivity contribution in [2.24, 2.45) is 10.9 Å². The van der Waals surface area contributed by atoms with E-state index in [4.69, 9.17) is 0 Å². The number of para-hydroxylation sites is 1. The zero-order chi connectivity index (χ0) is 21.5. The van der Waals surface area contributed by atoms with Crippen LogP contribution in [0.25, 0.3) is 10.8 Å². The molecule has 1 aliphatic heterocycles. The van der Waals surface area contributed by atoms with Crippen LogP contribution in [0.5, 0.6) is 5.75 Å². The number of aromatic hydroxyl groups is 1. The van der Waals surface area contributed by atoms with Gasteiger partial charge in [-0.25, -0.2) is 0 Å². The largest absolute Gasteiger partial charge is 0.507 e. The summed E-state index contributed by atoms with van der Waals surface area (Å²) in [6.07, 6.45) is 7.55. The van der Waals surface area contributed by atoms with E-state index in [2.05, 4.69) is 71.0 Å². The number of benzene rings is 4. The first-order valence-electron chi connectivity index (χ1n) is 11.1. The summed E-state index contributed by atoms with van der Waals surface area (Å²) in [6.45, 7) is 0. The summed E-state index contributed by atoms with van der Waals surface area (Å²) in [5, 5.41) is 16.2. The van der Waals surface area contributed by atoms with E-state index < -0.39 is 0 Å². The van der Waals surface area contributed by atoms with Crippen molar-refractivity contribution in [3.05, 3.63) is 114 Å². The third kappa shape index (κ3) is 3.18. The van der Waals surface area contributed by atoms with E-state index in [1.165, 1.54) is 16.8 Å². The molecule has 2 aliphatic rings. The van der Waals surface area contributed by atoms with Gasteiger partial charge in [0.2, 0.25) is 0 Å². The molecule has 0 aromatic heterocycles. The average molecular weight is 417 g/mol. The Hall–Kier alpha value is -3.85. The number of nitrogens with one attached hydrogen (secondary N) is 1. The molecule has 4 aromatic carbocycles. The van der Waals surface area contributed by atoms with Gasteiger partial charge in [0.25, 0.3) is 0 Å². The first kappa shape index (κ1) is 18.9. The van der Waals surface area contributed by atoms with Gasteiger partial charge in [-0.2, -0.15) is 0 Å². The normalized spacial score (nSPS) is 21.4. The van der Waals surface area contributed by atoms with Crippen molar-refractivity contribution >= 4 is 28.4 Å². The van der Waals surface area contributed by atoms with E-state index in [9.17, 15) is 5.11 Å². The van der Waals surface area contributed by atoms with E-state index >= 15 is 0 Å². The fraction of sp³-hybridized carbons (Fsp3) is 0.138. The van der Waals surface area contributed by atoms with Crippen LogP contribution in [0.3, 0.4) is 0 Å². The van der Waals surface area contributed by atoms with Crippen LogP contribution in [0.1, 0.15) is 35.1 Å². The number of hydrogen-bond acceptors (Lipinski definition) is 3. The number of hydrogen-bond donors (Lipinski definition) is 2. The number of allylic oxidation sites excluding steroid dienone is 2. The van der Waals surface area contributed by atoms with Crippen molar-refractivity contribution in [1.29, 1.82) is 0 Å². The van der Waals surface area contributed by atoms with Gasteiger partial charge < -0.3 is 10.4 Å². The maximum atomic E-state index is 10.4. The highest BCUT2D eigenvalue weighted by molar-refractivity contribution is 6.02. The van der Waals surface area contributed by atoms with E-state index in [0.717, 1.165) is 28.4 Å². The lowest BCUT2D eigenvalue weighted by Gasteiger charge is -2.37. The van der Waals surface area contributed by atoms with E-state index in [1.807, 2.05) is 30.3 Å². The molecule has 32 heavy (non-hydrogen) atoms. The molecule has 1 aliphatic carbocycles. The molecule has 0 unspecified atom stereocenters. The van der Waals surface area contributed by atoms with Crippen LogP contribution < -0.4 is 5.32 Å².